The highest BCUT2D eigenvalue weighted by Gasteiger charge is 2.23. The molecule has 0 unspecified atom stereocenters. The van der Waals surface area contributed by atoms with Gasteiger partial charge in [-0.15, -0.1) is 0 Å². The maximum atomic E-state index is 11.6. The van der Waals surface area contributed by atoms with E-state index >= 15 is 0 Å². The number of nitrogens with two attached hydrogens (primary N) is 1. The zero-order valence-electron chi connectivity index (χ0n) is 15.4. The van der Waals surface area contributed by atoms with Crippen LogP contribution < -0.4 is 11.1 Å². The third-order valence-corrected chi connectivity index (χ3v) is 4.29. The van der Waals surface area contributed by atoms with E-state index in [2.05, 4.69) is 15.3 Å². The molecule has 0 aromatic carbocycles. The van der Waals surface area contributed by atoms with Crippen molar-refractivity contribution in [2.75, 3.05) is 30.9 Å². The van der Waals surface area contributed by atoms with Crippen LogP contribution in [0.2, 0.25) is 0 Å². The quantitative estimate of drug-likeness (QED) is 0.471. The standard InChI is InChI=1S/C18H28N4O4/c1-3-25-16(24)9-8-15-12(2)20-18(19)22-17(15)21-13-4-6-14(7-5-13)26-11-10-23/h8-9,13-14,23H,3-7,10-11H2,1-2H3,(H3,19,20,21,22). The summed E-state index contributed by atoms with van der Waals surface area (Å²) in [7, 11) is 0. The molecule has 1 aliphatic carbocycles. The fraction of sp³-hybridized carbons (Fsp3) is 0.611. The maximum Gasteiger partial charge on any atom is 0.330 e. The number of rotatable bonds is 8. The summed E-state index contributed by atoms with van der Waals surface area (Å²) in [5.74, 6) is 0.407. The fourth-order valence-corrected chi connectivity index (χ4v) is 3.04. The van der Waals surface area contributed by atoms with Crippen LogP contribution in [0.1, 0.15) is 43.9 Å². The van der Waals surface area contributed by atoms with Gasteiger partial charge in [-0.3, -0.25) is 0 Å². The van der Waals surface area contributed by atoms with Crippen LogP contribution >= 0.6 is 0 Å². The minimum Gasteiger partial charge on any atom is -0.463 e. The summed E-state index contributed by atoms with van der Waals surface area (Å²) >= 11 is 0. The van der Waals surface area contributed by atoms with Crippen LogP contribution in [0.15, 0.2) is 6.08 Å². The number of nitrogens with zero attached hydrogens (tertiary/aromatic N) is 2. The first kappa shape index (κ1) is 20.1. The molecule has 0 saturated heterocycles. The average Bonchev–Trinajstić information content (AvgIpc) is 2.60. The minimum atomic E-state index is -0.406. The van der Waals surface area contributed by atoms with Crippen molar-refractivity contribution >= 4 is 23.8 Å². The van der Waals surface area contributed by atoms with Crippen molar-refractivity contribution in [2.24, 2.45) is 0 Å². The highest BCUT2D eigenvalue weighted by atomic mass is 16.5. The molecule has 1 aromatic rings. The molecular weight excluding hydrogens is 336 g/mol. The summed E-state index contributed by atoms with van der Waals surface area (Å²) in [5, 5.41) is 12.3. The number of esters is 1. The maximum absolute atomic E-state index is 11.6. The summed E-state index contributed by atoms with van der Waals surface area (Å²) in [6.45, 7) is 4.35. The molecule has 1 heterocycles. The van der Waals surface area contributed by atoms with E-state index in [0.29, 0.717) is 24.7 Å². The van der Waals surface area contributed by atoms with Crippen molar-refractivity contribution in [3.63, 3.8) is 0 Å². The number of hydrogen-bond acceptors (Lipinski definition) is 8. The molecule has 0 bridgehead atoms. The number of hydrogen-bond donors (Lipinski definition) is 3. The molecule has 26 heavy (non-hydrogen) atoms. The van der Waals surface area contributed by atoms with Crippen molar-refractivity contribution in [3.05, 3.63) is 17.3 Å². The molecule has 1 saturated carbocycles. The Kier molecular flexibility index (Phi) is 7.80. The highest BCUT2D eigenvalue weighted by molar-refractivity contribution is 5.88. The molecule has 1 fully saturated rings. The van der Waals surface area contributed by atoms with Gasteiger partial charge in [0.05, 0.1) is 31.6 Å². The molecule has 8 heteroatoms. The first-order valence-electron chi connectivity index (χ1n) is 9.01. The lowest BCUT2D eigenvalue weighted by atomic mass is 9.93. The van der Waals surface area contributed by atoms with Crippen LogP contribution in [0.4, 0.5) is 11.8 Å². The number of anilines is 2. The first-order chi connectivity index (χ1) is 12.5. The Labute approximate surface area is 153 Å². The molecule has 4 N–H and O–H groups in total. The number of carbonyl (C=O) groups excluding carboxylic acids is 1. The molecular formula is C18H28N4O4. The van der Waals surface area contributed by atoms with Gasteiger partial charge in [0.25, 0.3) is 0 Å². The normalized spacial score (nSPS) is 20.3. The SMILES string of the molecule is CCOC(=O)C=Cc1c(C)nc(N)nc1NC1CCC(OCCO)CC1. The Morgan fingerprint density at radius 3 is 2.73 bits per heavy atom. The van der Waals surface area contributed by atoms with E-state index in [9.17, 15) is 4.79 Å². The van der Waals surface area contributed by atoms with Gasteiger partial charge in [0.15, 0.2) is 0 Å². The van der Waals surface area contributed by atoms with Gasteiger partial charge in [-0.2, -0.15) is 4.98 Å². The lowest BCUT2D eigenvalue weighted by Gasteiger charge is -2.29. The van der Waals surface area contributed by atoms with Gasteiger partial charge in [0.2, 0.25) is 5.95 Å². The van der Waals surface area contributed by atoms with Gasteiger partial charge >= 0.3 is 5.97 Å². The van der Waals surface area contributed by atoms with Gasteiger partial charge in [0, 0.05) is 17.7 Å². The zero-order chi connectivity index (χ0) is 18.9. The Bertz CT molecular complexity index is 628. The molecule has 0 spiro atoms. The van der Waals surface area contributed by atoms with Gasteiger partial charge in [-0.1, -0.05) is 0 Å². The van der Waals surface area contributed by atoms with Crippen LogP contribution in [0.3, 0.4) is 0 Å². The molecule has 0 atom stereocenters. The Morgan fingerprint density at radius 1 is 1.35 bits per heavy atom. The van der Waals surface area contributed by atoms with E-state index in [4.69, 9.17) is 20.3 Å². The molecule has 0 radical (unpaired) electrons. The average molecular weight is 364 g/mol. The van der Waals surface area contributed by atoms with Crippen LogP contribution in [-0.2, 0) is 14.3 Å². The van der Waals surface area contributed by atoms with Crippen molar-refractivity contribution in [1.82, 2.24) is 9.97 Å². The summed E-state index contributed by atoms with van der Waals surface area (Å²) in [6.07, 6.45) is 6.93. The second-order valence-electron chi connectivity index (χ2n) is 6.23. The Hall–Kier alpha value is -2.19. The molecule has 1 aliphatic rings. The van der Waals surface area contributed by atoms with E-state index in [0.717, 1.165) is 31.2 Å². The van der Waals surface area contributed by atoms with Crippen molar-refractivity contribution in [1.29, 1.82) is 0 Å². The van der Waals surface area contributed by atoms with E-state index in [1.807, 2.05) is 6.92 Å². The molecule has 0 aliphatic heterocycles. The zero-order valence-corrected chi connectivity index (χ0v) is 15.4. The van der Waals surface area contributed by atoms with Gasteiger partial charge in [-0.25, -0.2) is 9.78 Å². The topological polar surface area (TPSA) is 120 Å². The van der Waals surface area contributed by atoms with E-state index in [-0.39, 0.29) is 24.7 Å². The van der Waals surface area contributed by atoms with Crippen molar-refractivity contribution in [2.45, 2.75) is 51.7 Å². The first-order valence-corrected chi connectivity index (χ1v) is 9.01. The number of ether oxygens (including phenoxy) is 2. The highest BCUT2D eigenvalue weighted by Crippen LogP contribution is 2.26. The van der Waals surface area contributed by atoms with Crippen LogP contribution in [0.25, 0.3) is 6.08 Å². The summed E-state index contributed by atoms with van der Waals surface area (Å²) in [5.41, 5.74) is 7.22. The van der Waals surface area contributed by atoms with Gasteiger partial charge < -0.3 is 25.6 Å². The number of carbonyl (C=O) groups is 1. The summed E-state index contributed by atoms with van der Waals surface area (Å²) in [4.78, 5) is 20.1. The Balaban J connectivity index is 2.05. The molecule has 8 nitrogen and oxygen atoms in total. The number of aryl methyl sites for hydroxylation is 1. The van der Waals surface area contributed by atoms with Crippen LogP contribution in [0, 0.1) is 6.92 Å². The van der Waals surface area contributed by atoms with Crippen molar-refractivity contribution < 1.29 is 19.4 Å². The smallest absolute Gasteiger partial charge is 0.330 e. The van der Waals surface area contributed by atoms with Crippen LogP contribution in [-0.4, -0.2) is 53.0 Å². The summed E-state index contributed by atoms with van der Waals surface area (Å²) < 4.78 is 10.5. The number of nitrogens with one attached hydrogen (secondary N) is 1. The largest absolute Gasteiger partial charge is 0.463 e. The second-order valence-corrected chi connectivity index (χ2v) is 6.23. The lowest BCUT2D eigenvalue weighted by Crippen LogP contribution is -2.31. The van der Waals surface area contributed by atoms with E-state index < -0.39 is 5.97 Å². The molecule has 2 rings (SSSR count). The summed E-state index contributed by atoms with van der Waals surface area (Å²) in [6, 6.07) is 0.243. The lowest BCUT2D eigenvalue weighted by molar-refractivity contribution is -0.137. The second kappa shape index (κ2) is 10.1. The predicted molar refractivity (Wildman–Crippen MR) is 99.6 cm³/mol. The Morgan fingerprint density at radius 2 is 2.08 bits per heavy atom. The third-order valence-electron chi connectivity index (χ3n) is 4.29. The molecule has 0 amide bonds. The number of aliphatic hydroxyl groups excluding tert-OH is 1. The van der Waals surface area contributed by atoms with Crippen LogP contribution in [0.5, 0.6) is 0 Å². The van der Waals surface area contributed by atoms with Gasteiger partial charge in [-0.05, 0) is 45.6 Å². The predicted octanol–water partition coefficient (Wildman–Crippen LogP) is 1.68. The number of aliphatic hydroxyl groups is 1. The van der Waals surface area contributed by atoms with E-state index in [1.54, 1.807) is 13.0 Å². The van der Waals surface area contributed by atoms with E-state index in [1.165, 1.54) is 6.08 Å². The van der Waals surface area contributed by atoms with Gasteiger partial charge in [0.1, 0.15) is 5.82 Å². The van der Waals surface area contributed by atoms with Crippen molar-refractivity contribution in [3.8, 4) is 0 Å². The number of nitrogen functional groups attached to an aromatic ring is 1. The number of aromatic nitrogens is 2. The molecule has 1 aromatic heterocycles. The molecule has 144 valence electrons. The monoisotopic (exact) mass is 364 g/mol. The fourth-order valence-electron chi connectivity index (χ4n) is 3.04. The third kappa shape index (κ3) is 5.96. The minimum absolute atomic E-state index is 0.0494.